The lowest BCUT2D eigenvalue weighted by atomic mass is 9.87. The molecule has 4 rings (SSSR count). The van der Waals surface area contributed by atoms with Crippen molar-refractivity contribution < 1.29 is 18.9 Å². The standard InChI is InChI=1S/C25H33NO5/c1-4-18(8-10-28-3)19-5-6-22-20(13-19)7-9-26-24(27)14-23(17(2)25(22)26)31-16-21-15-29-11-12-30-21/h5-6,13-14,18,21H,4,7-12,15-16H2,1-3H3. The number of aryl methyl sites for hydroxylation is 1. The van der Waals surface area contributed by atoms with E-state index in [1.54, 1.807) is 13.2 Å². The van der Waals surface area contributed by atoms with Gasteiger partial charge in [-0.15, -0.1) is 0 Å². The molecule has 0 saturated carbocycles. The van der Waals surface area contributed by atoms with E-state index in [-0.39, 0.29) is 11.7 Å². The van der Waals surface area contributed by atoms with Crippen molar-refractivity contribution in [1.82, 2.24) is 4.57 Å². The van der Waals surface area contributed by atoms with Gasteiger partial charge in [-0.3, -0.25) is 4.79 Å². The molecule has 1 fully saturated rings. The maximum absolute atomic E-state index is 12.9. The van der Waals surface area contributed by atoms with E-state index in [4.69, 9.17) is 18.9 Å². The van der Waals surface area contributed by atoms with Crippen LogP contribution in [0.15, 0.2) is 29.1 Å². The average molecular weight is 428 g/mol. The van der Waals surface area contributed by atoms with E-state index in [2.05, 4.69) is 25.1 Å². The third kappa shape index (κ3) is 4.71. The molecule has 168 valence electrons. The largest absolute Gasteiger partial charge is 0.490 e. The normalized spacial score (nSPS) is 18.9. The summed E-state index contributed by atoms with van der Waals surface area (Å²) in [6.07, 6.45) is 2.87. The summed E-state index contributed by atoms with van der Waals surface area (Å²) in [6.45, 7) is 7.84. The zero-order chi connectivity index (χ0) is 21.8. The minimum atomic E-state index is -0.0974. The molecule has 2 aromatic rings. The molecule has 1 saturated heterocycles. The maximum atomic E-state index is 12.9. The van der Waals surface area contributed by atoms with Gasteiger partial charge >= 0.3 is 0 Å². The Labute approximate surface area is 184 Å². The van der Waals surface area contributed by atoms with Crippen LogP contribution in [-0.2, 0) is 27.2 Å². The van der Waals surface area contributed by atoms with Gasteiger partial charge in [0.05, 0.1) is 25.5 Å². The molecule has 2 unspecified atom stereocenters. The molecule has 2 aliphatic heterocycles. The Kier molecular flexibility index (Phi) is 7.10. The number of pyridine rings is 1. The highest BCUT2D eigenvalue weighted by Crippen LogP contribution is 2.36. The Morgan fingerprint density at radius 3 is 2.87 bits per heavy atom. The van der Waals surface area contributed by atoms with Crippen molar-refractivity contribution in [2.45, 2.75) is 51.7 Å². The minimum absolute atomic E-state index is 0.0160. The molecule has 0 aliphatic carbocycles. The SMILES string of the molecule is CCC(CCOC)c1ccc2c(c1)CCn1c-2c(C)c(OCC2COCCO2)cc1=O. The first-order valence-electron chi connectivity index (χ1n) is 11.3. The van der Waals surface area contributed by atoms with Gasteiger partial charge in [-0.25, -0.2) is 0 Å². The van der Waals surface area contributed by atoms with Crippen molar-refractivity contribution in [1.29, 1.82) is 0 Å². The molecule has 6 heteroatoms. The van der Waals surface area contributed by atoms with Gasteiger partial charge in [0.15, 0.2) is 0 Å². The predicted molar refractivity (Wildman–Crippen MR) is 120 cm³/mol. The second kappa shape index (κ2) is 9.98. The van der Waals surface area contributed by atoms with Crippen molar-refractivity contribution in [3.05, 3.63) is 51.3 Å². The number of fused-ring (bicyclic) bond motifs is 3. The van der Waals surface area contributed by atoms with Gasteiger partial charge in [-0.1, -0.05) is 25.1 Å². The van der Waals surface area contributed by atoms with Crippen LogP contribution in [0.25, 0.3) is 11.3 Å². The lowest BCUT2D eigenvalue weighted by molar-refractivity contribution is -0.101. The number of nitrogens with zero attached hydrogens (tertiary/aromatic N) is 1. The smallest absolute Gasteiger partial charge is 0.254 e. The molecule has 1 aromatic heterocycles. The maximum Gasteiger partial charge on any atom is 0.254 e. The fraction of sp³-hybridized carbons (Fsp3) is 0.560. The predicted octanol–water partition coefficient (Wildman–Crippen LogP) is 3.70. The van der Waals surface area contributed by atoms with Gasteiger partial charge in [-0.2, -0.15) is 0 Å². The van der Waals surface area contributed by atoms with Crippen LogP contribution < -0.4 is 10.3 Å². The van der Waals surface area contributed by atoms with Crippen LogP contribution in [0.4, 0.5) is 0 Å². The highest BCUT2D eigenvalue weighted by molar-refractivity contribution is 5.71. The van der Waals surface area contributed by atoms with E-state index in [0.717, 1.165) is 42.7 Å². The molecule has 31 heavy (non-hydrogen) atoms. The van der Waals surface area contributed by atoms with E-state index in [9.17, 15) is 4.79 Å². The Bertz CT molecular complexity index is 961. The van der Waals surface area contributed by atoms with Crippen LogP contribution in [-0.4, -0.2) is 50.8 Å². The van der Waals surface area contributed by atoms with Crippen molar-refractivity contribution >= 4 is 0 Å². The summed E-state index contributed by atoms with van der Waals surface area (Å²) < 4.78 is 24.3. The Morgan fingerprint density at radius 2 is 2.13 bits per heavy atom. The first-order chi connectivity index (χ1) is 15.1. The van der Waals surface area contributed by atoms with Crippen molar-refractivity contribution in [3.8, 4) is 17.0 Å². The van der Waals surface area contributed by atoms with Gasteiger partial charge in [0.1, 0.15) is 18.5 Å². The quantitative estimate of drug-likeness (QED) is 0.643. The van der Waals surface area contributed by atoms with E-state index in [1.165, 1.54) is 11.1 Å². The minimum Gasteiger partial charge on any atom is -0.490 e. The summed E-state index contributed by atoms with van der Waals surface area (Å²) in [7, 11) is 1.75. The molecule has 0 spiro atoms. The molecule has 6 nitrogen and oxygen atoms in total. The molecule has 0 N–H and O–H groups in total. The number of ether oxygens (including phenoxy) is 4. The Morgan fingerprint density at radius 1 is 1.26 bits per heavy atom. The number of rotatable bonds is 8. The van der Waals surface area contributed by atoms with Gasteiger partial charge in [0.2, 0.25) is 0 Å². The van der Waals surface area contributed by atoms with E-state index >= 15 is 0 Å². The molecule has 3 heterocycles. The van der Waals surface area contributed by atoms with Crippen LogP contribution in [0.3, 0.4) is 0 Å². The number of hydrogen-bond donors (Lipinski definition) is 0. The van der Waals surface area contributed by atoms with Crippen LogP contribution in [0.1, 0.15) is 42.4 Å². The van der Waals surface area contributed by atoms with Crippen LogP contribution in [0.2, 0.25) is 0 Å². The van der Waals surface area contributed by atoms with E-state index < -0.39 is 0 Å². The number of aromatic nitrogens is 1. The molecule has 0 radical (unpaired) electrons. The molecule has 2 aliphatic rings. The van der Waals surface area contributed by atoms with Crippen molar-refractivity contribution in [2.75, 3.05) is 40.1 Å². The number of hydrogen-bond acceptors (Lipinski definition) is 5. The second-order valence-electron chi connectivity index (χ2n) is 8.40. The average Bonchev–Trinajstić information content (AvgIpc) is 2.81. The zero-order valence-electron chi connectivity index (χ0n) is 18.8. The molecule has 0 bridgehead atoms. The van der Waals surface area contributed by atoms with Gasteiger partial charge in [-0.05, 0) is 43.2 Å². The molecular weight excluding hydrogens is 394 g/mol. The van der Waals surface area contributed by atoms with Crippen LogP contribution in [0.5, 0.6) is 5.75 Å². The zero-order valence-corrected chi connectivity index (χ0v) is 18.8. The topological polar surface area (TPSA) is 58.9 Å². The number of benzene rings is 1. The summed E-state index contributed by atoms with van der Waals surface area (Å²) in [4.78, 5) is 12.9. The fourth-order valence-electron chi connectivity index (χ4n) is 4.67. The van der Waals surface area contributed by atoms with E-state index in [0.29, 0.717) is 44.6 Å². The fourth-order valence-corrected chi connectivity index (χ4v) is 4.67. The van der Waals surface area contributed by atoms with Gasteiger partial charge in [0.25, 0.3) is 5.56 Å². The summed E-state index contributed by atoms with van der Waals surface area (Å²) in [5.74, 6) is 1.12. The molecule has 2 atom stereocenters. The highest BCUT2D eigenvalue weighted by atomic mass is 16.6. The van der Waals surface area contributed by atoms with Crippen LogP contribution >= 0.6 is 0 Å². The van der Waals surface area contributed by atoms with E-state index in [1.807, 2.05) is 11.5 Å². The first kappa shape index (κ1) is 22.1. The summed E-state index contributed by atoms with van der Waals surface area (Å²) in [6, 6.07) is 8.33. The Balaban J connectivity index is 1.63. The van der Waals surface area contributed by atoms with Crippen molar-refractivity contribution in [2.24, 2.45) is 0 Å². The van der Waals surface area contributed by atoms with Crippen LogP contribution in [0, 0.1) is 6.92 Å². The monoisotopic (exact) mass is 427 g/mol. The summed E-state index contributed by atoms with van der Waals surface area (Å²) in [5.41, 5.74) is 5.75. The summed E-state index contributed by atoms with van der Waals surface area (Å²) in [5, 5.41) is 0. The van der Waals surface area contributed by atoms with Crippen molar-refractivity contribution in [3.63, 3.8) is 0 Å². The number of methoxy groups -OCH3 is 1. The molecule has 0 amide bonds. The lowest BCUT2D eigenvalue weighted by Gasteiger charge is -2.27. The van der Waals surface area contributed by atoms with Gasteiger partial charge < -0.3 is 23.5 Å². The highest BCUT2D eigenvalue weighted by Gasteiger charge is 2.24. The summed E-state index contributed by atoms with van der Waals surface area (Å²) >= 11 is 0. The molecule has 1 aromatic carbocycles. The lowest BCUT2D eigenvalue weighted by Crippen LogP contribution is -2.34. The Hall–Kier alpha value is -2.15. The third-order valence-corrected chi connectivity index (χ3v) is 6.45. The molecular formula is C25H33NO5. The third-order valence-electron chi connectivity index (χ3n) is 6.45. The van der Waals surface area contributed by atoms with Gasteiger partial charge in [0, 0.05) is 37.5 Å². The second-order valence-corrected chi connectivity index (χ2v) is 8.40. The first-order valence-corrected chi connectivity index (χ1v) is 11.3.